The van der Waals surface area contributed by atoms with Crippen molar-refractivity contribution in [3.05, 3.63) is 120 Å². The third-order valence-electron chi connectivity index (χ3n) is 6.20. The van der Waals surface area contributed by atoms with Crippen LogP contribution in [0, 0.1) is 5.82 Å². The Morgan fingerprint density at radius 2 is 1.21 bits per heavy atom. The molecule has 0 fully saturated rings. The lowest BCUT2D eigenvalue weighted by atomic mass is 10.0. The van der Waals surface area contributed by atoms with E-state index in [1.54, 1.807) is 12.1 Å². The minimum atomic E-state index is -2.12. The average Bonchev–Trinajstić information content (AvgIpc) is 3.13. The maximum atomic E-state index is 14.8. The highest BCUT2D eigenvalue weighted by Gasteiger charge is 2.47. The number of fused-ring (bicyclic) bond motifs is 1. The number of halogens is 2. The molecule has 0 saturated heterocycles. The highest BCUT2D eigenvalue weighted by atomic mass is 35.5. The lowest BCUT2D eigenvalue weighted by molar-refractivity contribution is -0.00000998. The summed E-state index contributed by atoms with van der Waals surface area (Å²) in [6, 6.07) is 35.4. The minimum absolute atomic E-state index is 0. The molecule has 0 aromatic heterocycles. The zero-order valence-corrected chi connectivity index (χ0v) is 20.5. The molecule has 0 N–H and O–H groups in total. The Balaban J connectivity index is 0.00000259. The molecule has 33 heavy (non-hydrogen) atoms. The van der Waals surface area contributed by atoms with Crippen molar-refractivity contribution in [2.75, 3.05) is 0 Å². The van der Waals surface area contributed by atoms with Crippen molar-refractivity contribution < 1.29 is 21.5 Å². The van der Waals surface area contributed by atoms with Crippen LogP contribution in [0.3, 0.4) is 0 Å². The van der Waals surface area contributed by atoms with Gasteiger partial charge in [-0.2, -0.15) is 0 Å². The van der Waals surface area contributed by atoms with Crippen LogP contribution in [0.5, 0.6) is 5.75 Å². The van der Waals surface area contributed by atoms with Gasteiger partial charge in [0.2, 0.25) is 0 Å². The molecule has 0 aliphatic carbocycles. The van der Waals surface area contributed by atoms with Gasteiger partial charge in [0, 0.05) is 17.5 Å². The molecule has 0 bridgehead atoms. The quantitative estimate of drug-likeness (QED) is 0.402. The number of hydrogen-bond donors (Lipinski definition) is 0. The van der Waals surface area contributed by atoms with Crippen LogP contribution in [0.15, 0.2) is 103 Å². The molecule has 1 aliphatic rings. The summed E-state index contributed by atoms with van der Waals surface area (Å²) in [5, 5.41) is 3.85. The van der Waals surface area contributed by atoms with Gasteiger partial charge in [0.05, 0.1) is 0 Å². The fraction of sp³-hybridized carbons (Fsp3) is 0.172. The van der Waals surface area contributed by atoms with E-state index >= 15 is 0 Å². The van der Waals surface area contributed by atoms with Crippen molar-refractivity contribution in [2.24, 2.45) is 0 Å². The summed E-state index contributed by atoms with van der Waals surface area (Å²) >= 11 is 0. The van der Waals surface area contributed by atoms with Crippen LogP contribution >= 0.6 is 7.26 Å². The standard InChI is InChI=1S/C29H27FOP.ClH/c1-29(2)20-22-18-24(30)19-23(28(22)31-29)21-32(25-12-6-3-7-13-25,26-14-8-4-9-15-26)27-16-10-5-11-17-27;/h3-19H,20-21H2,1-2H3;1H/q+1;/p-1. The monoisotopic (exact) mass is 476 g/mol. The molecule has 1 heterocycles. The second-order valence-electron chi connectivity index (χ2n) is 9.07. The molecule has 4 heteroatoms. The summed E-state index contributed by atoms with van der Waals surface area (Å²) in [6.07, 6.45) is 1.43. The highest BCUT2D eigenvalue weighted by Crippen LogP contribution is 2.59. The van der Waals surface area contributed by atoms with Crippen LogP contribution in [0.2, 0.25) is 0 Å². The zero-order valence-electron chi connectivity index (χ0n) is 18.8. The Kier molecular flexibility index (Phi) is 6.61. The molecule has 0 radical (unpaired) electrons. The molecule has 0 amide bonds. The molecule has 0 unspecified atom stereocenters. The third kappa shape index (κ3) is 4.43. The summed E-state index contributed by atoms with van der Waals surface area (Å²) in [7, 11) is -2.12. The summed E-state index contributed by atoms with van der Waals surface area (Å²) in [5.41, 5.74) is 1.60. The highest BCUT2D eigenvalue weighted by molar-refractivity contribution is 7.95. The molecular weight excluding hydrogens is 450 g/mol. The molecule has 4 aromatic rings. The lowest BCUT2D eigenvalue weighted by Gasteiger charge is -2.28. The fourth-order valence-corrected chi connectivity index (χ4v) is 9.12. The largest absolute Gasteiger partial charge is 1.00 e. The van der Waals surface area contributed by atoms with Crippen molar-refractivity contribution in [3.8, 4) is 5.75 Å². The van der Waals surface area contributed by atoms with Gasteiger partial charge in [-0.3, -0.25) is 0 Å². The van der Waals surface area contributed by atoms with Gasteiger partial charge in [0.1, 0.15) is 46.5 Å². The molecule has 1 nitrogen and oxygen atoms in total. The molecule has 4 aromatic carbocycles. The number of hydrogen-bond acceptors (Lipinski definition) is 1. The van der Waals surface area contributed by atoms with Crippen molar-refractivity contribution in [3.63, 3.8) is 0 Å². The van der Waals surface area contributed by atoms with Crippen molar-refractivity contribution in [1.82, 2.24) is 0 Å². The Morgan fingerprint density at radius 3 is 1.67 bits per heavy atom. The molecule has 1 aliphatic heterocycles. The normalized spacial score (nSPS) is 14.2. The van der Waals surface area contributed by atoms with Crippen LogP contribution in [0.1, 0.15) is 25.0 Å². The van der Waals surface area contributed by atoms with Gasteiger partial charge >= 0.3 is 0 Å². The van der Waals surface area contributed by atoms with Gasteiger partial charge in [-0.05, 0) is 62.4 Å². The van der Waals surface area contributed by atoms with Gasteiger partial charge < -0.3 is 17.1 Å². The SMILES string of the molecule is CC1(C)Cc2cc(F)cc(C[P+](c3ccccc3)(c3ccccc3)c3ccccc3)c2O1.[Cl-]. The predicted octanol–water partition coefficient (Wildman–Crippen LogP) is 3.04. The van der Waals surface area contributed by atoms with E-state index in [-0.39, 0.29) is 23.8 Å². The summed E-state index contributed by atoms with van der Waals surface area (Å²) in [4.78, 5) is 0. The van der Waals surface area contributed by atoms with E-state index in [9.17, 15) is 4.39 Å². The van der Waals surface area contributed by atoms with Crippen LogP contribution < -0.4 is 33.1 Å². The van der Waals surface area contributed by atoms with Gasteiger partial charge in [-0.1, -0.05) is 54.6 Å². The van der Waals surface area contributed by atoms with E-state index in [1.807, 2.05) is 0 Å². The Labute approximate surface area is 202 Å². The topological polar surface area (TPSA) is 9.23 Å². The van der Waals surface area contributed by atoms with E-state index in [1.165, 1.54) is 15.9 Å². The van der Waals surface area contributed by atoms with E-state index in [0.717, 1.165) is 23.3 Å². The Hall–Kier alpha value is -2.67. The van der Waals surface area contributed by atoms with Crippen molar-refractivity contribution in [2.45, 2.75) is 32.0 Å². The molecular formula is C29H27ClFOP. The number of ether oxygens (including phenoxy) is 1. The summed E-state index contributed by atoms with van der Waals surface area (Å²) in [5.74, 6) is 0.677. The van der Waals surface area contributed by atoms with Crippen LogP contribution in [-0.2, 0) is 12.6 Å². The Bertz CT molecular complexity index is 1130. The first kappa shape index (κ1) is 23.5. The first-order chi connectivity index (χ1) is 15.5. The first-order valence-electron chi connectivity index (χ1n) is 11.0. The maximum Gasteiger partial charge on any atom is 0.130 e. The predicted molar refractivity (Wildman–Crippen MR) is 134 cm³/mol. The summed E-state index contributed by atoms with van der Waals surface area (Å²) < 4.78 is 21.2. The molecule has 0 saturated carbocycles. The first-order valence-corrected chi connectivity index (χ1v) is 13.0. The third-order valence-corrected chi connectivity index (χ3v) is 10.6. The lowest BCUT2D eigenvalue weighted by Crippen LogP contribution is -3.00. The zero-order chi connectivity index (χ0) is 22.2. The van der Waals surface area contributed by atoms with E-state index in [0.29, 0.717) is 6.16 Å². The molecule has 0 atom stereocenters. The van der Waals surface area contributed by atoms with E-state index in [2.05, 4.69) is 105 Å². The Morgan fingerprint density at radius 1 is 0.758 bits per heavy atom. The van der Waals surface area contributed by atoms with Crippen molar-refractivity contribution >= 4 is 23.2 Å². The second kappa shape index (κ2) is 9.29. The fourth-order valence-electron chi connectivity index (χ4n) is 4.89. The maximum absolute atomic E-state index is 14.8. The van der Waals surface area contributed by atoms with Gasteiger partial charge in [-0.25, -0.2) is 4.39 Å². The smallest absolute Gasteiger partial charge is 0.130 e. The average molecular weight is 477 g/mol. The van der Waals surface area contributed by atoms with Gasteiger partial charge in [0.25, 0.3) is 0 Å². The van der Waals surface area contributed by atoms with Gasteiger partial charge in [0.15, 0.2) is 0 Å². The molecule has 0 spiro atoms. The number of benzene rings is 4. The van der Waals surface area contributed by atoms with E-state index in [4.69, 9.17) is 4.74 Å². The second-order valence-corrected chi connectivity index (χ2v) is 12.6. The molecule has 5 rings (SSSR count). The van der Waals surface area contributed by atoms with Crippen LogP contribution in [0.25, 0.3) is 0 Å². The minimum Gasteiger partial charge on any atom is -1.00 e. The summed E-state index contributed by atoms with van der Waals surface area (Å²) in [6.45, 7) is 4.14. The van der Waals surface area contributed by atoms with Crippen molar-refractivity contribution in [1.29, 1.82) is 0 Å². The van der Waals surface area contributed by atoms with Crippen LogP contribution in [0.4, 0.5) is 4.39 Å². The van der Waals surface area contributed by atoms with Crippen LogP contribution in [-0.4, -0.2) is 5.60 Å². The number of rotatable bonds is 5. The van der Waals surface area contributed by atoms with E-state index < -0.39 is 7.26 Å². The molecule has 168 valence electrons. The van der Waals surface area contributed by atoms with Gasteiger partial charge in [-0.15, -0.1) is 0 Å².